The maximum absolute atomic E-state index is 13.4. The van der Waals surface area contributed by atoms with Crippen LogP contribution in [0.4, 0.5) is 4.39 Å². The number of benzene rings is 3. The van der Waals surface area contributed by atoms with E-state index in [0.29, 0.717) is 5.82 Å². The van der Waals surface area contributed by atoms with Gasteiger partial charge in [-0.15, -0.1) is 10.2 Å². The molecule has 3 aromatic carbocycles. The van der Waals surface area contributed by atoms with Crippen LogP contribution in [0, 0.1) is 26.6 Å². The molecule has 0 aliphatic heterocycles. The zero-order chi connectivity index (χ0) is 20.4. The highest BCUT2D eigenvalue weighted by molar-refractivity contribution is 7.98. The first kappa shape index (κ1) is 19.4. The molecule has 0 saturated carbocycles. The van der Waals surface area contributed by atoms with Crippen LogP contribution in [0.25, 0.3) is 17.1 Å². The highest BCUT2D eigenvalue weighted by Crippen LogP contribution is 2.31. The van der Waals surface area contributed by atoms with Crippen LogP contribution in [0.5, 0.6) is 0 Å². The number of hydrogen-bond donors (Lipinski definition) is 0. The predicted octanol–water partition coefficient (Wildman–Crippen LogP) is 6.29. The van der Waals surface area contributed by atoms with E-state index in [-0.39, 0.29) is 5.82 Å². The van der Waals surface area contributed by atoms with Gasteiger partial charge in [-0.25, -0.2) is 4.39 Å². The summed E-state index contributed by atoms with van der Waals surface area (Å²) >= 11 is 1.65. The highest BCUT2D eigenvalue weighted by atomic mass is 32.2. The lowest BCUT2D eigenvalue weighted by molar-refractivity contribution is 0.628. The molecule has 0 saturated heterocycles. The summed E-state index contributed by atoms with van der Waals surface area (Å²) < 4.78 is 15.5. The topological polar surface area (TPSA) is 30.7 Å². The molecule has 1 aromatic heterocycles. The van der Waals surface area contributed by atoms with Crippen LogP contribution in [0.1, 0.15) is 22.3 Å². The molecule has 0 spiro atoms. The molecule has 0 N–H and O–H groups in total. The number of thioether (sulfide) groups is 1. The van der Waals surface area contributed by atoms with E-state index in [1.165, 1.54) is 28.8 Å². The Morgan fingerprint density at radius 2 is 1.59 bits per heavy atom. The van der Waals surface area contributed by atoms with Crippen molar-refractivity contribution in [2.24, 2.45) is 0 Å². The maximum Gasteiger partial charge on any atom is 0.196 e. The van der Waals surface area contributed by atoms with Gasteiger partial charge in [0, 0.05) is 11.3 Å². The first-order chi connectivity index (χ1) is 14.0. The van der Waals surface area contributed by atoms with E-state index in [0.717, 1.165) is 27.7 Å². The van der Waals surface area contributed by atoms with E-state index in [4.69, 9.17) is 0 Å². The van der Waals surface area contributed by atoms with Gasteiger partial charge in [-0.05, 0) is 73.4 Å². The lowest BCUT2D eigenvalue weighted by atomic mass is 10.1. The smallest absolute Gasteiger partial charge is 0.196 e. The van der Waals surface area contributed by atoms with Gasteiger partial charge < -0.3 is 0 Å². The Morgan fingerprint density at radius 1 is 0.828 bits per heavy atom. The predicted molar refractivity (Wildman–Crippen MR) is 117 cm³/mol. The molecule has 3 nitrogen and oxygen atoms in total. The fraction of sp³-hybridized carbons (Fsp3) is 0.167. The quantitative estimate of drug-likeness (QED) is 0.367. The number of nitrogens with zero attached hydrogens (tertiary/aromatic N) is 3. The van der Waals surface area contributed by atoms with Crippen LogP contribution in [0.15, 0.2) is 71.9 Å². The van der Waals surface area contributed by atoms with Crippen molar-refractivity contribution in [3.8, 4) is 17.1 Å². The summed E-state index contributed by atoms with van der Waals surface area (Å²) in [5.74, 6) is 1.25. The molecule has 0 bridgehead atoms. The second kappa shape index (κ2) is 8.21. The summed E-state index contributed by atoms with van der Waals surface area (Å²) in [6.07, 6.45) is 0. The third-order valence-electron chi connectivity index (χ3n) is 5.03. The van der Waals surface area contributed by atoms with Gasteiger partial charge in [-0.2, -0.15) is 0 Å². The van der Waals surface area contributed by atoms with Gasteiger partial charge in [0.2, 0.25) is 0 Å². The van der Waals surface area contributed by atoms with Crippen LogP contribution < -0.4 is 0 Å². The zero-order valence-electron chi connectivity index (χ0n) is 16.7. The summed E-state index contributed by atoms with van der Waals surface area (Å²) in [4.78, 5) is 0. The van der Waals surface area contributed by atoms with Crippen molar-refractivity contribution in [3.05, 3.63) is 94.8 Å². The Bertz CT molecular complexity index is 1150. The minimum absolute atomic E-state index is 0.264. The summed E-state index contributed by atoms with van der Waals surface area (Å²) in [6.45, 7) is 6.32. The van der Waals surface area contributed by atoms with Crippen molar-refractivity contribution in [2.45, 2.75) is 31.7 Å². The third kappa shape index (κ3) is 4.10. The average Bonchev–Trinajstić information content (AvgIpc) is 3.13. The first-order valence-electron chi connectivity index (χ1n) is 9.49. The molecule has 0 aliphatic rings. The normalized spacial score (nSPS) is 11.0. The minimum atomic E-state index is -0.264. The van der Waals surface area contributed by atoms with Gasteiger partial charge in [0.05, 0.1) is 5.69 Å². The molecule has 5 heteroatoms. The van der Waals surface area contributed by atoms with Gasteiger partial charge >= 0.3 is 0 Å². The molecule has 0 aliphatic carbocycles. The fourth-order valence-corrected chi connectivity index (χ4v) is 4.11. The molecule has 0 atom stereocenters. The summed E-state index contributed by atoms with van der Waals surface area (Å²) in [5.41, 5.74) is 6.82. The van der Waals surface area contributed by atoms with Crippen molar-refractivity contribution >= 4 is 11.8 Å². The number of hydrogen-bond acceptors (Lipinski definition) is 3. The lowest BCUT2D eigenvalue weighted by Gasteiger charge is -2.13. The zero-order valence-corrected chi connectivity index (χ0v) is 17.5. The maximum atomic E-state index is 13.4. The highest BCUT2D eigenvalue weighted by Gasteiger charge is 2.17. The van der Waals surface area contributed by atoms with E-state index in [9.17, 15) is 4.39 Å². The van der Waals surface area contributed by atoms with E-state index in [1.807, 2.05) is 12.1 Å². The standard InChI is InChI=1S/C24H22FN3S/c1-16-8-9-19(14-18(16)3)15-29-24-27-26-23(20-10-12-21(25)13-11-20)28(24)22-7-5-4-6-17(22)2/h4-14H,15H2,1-3H3. The van der Waals surface area contributed by atoms with Gasteiger partial charge in [0.25, 0.3) is 0 Å². The minimum Gasteiger partial charge on any atom is -0.270 e. The molecular formula is C24H22FN3S. The molecule has 146 valence electrons. The van der Waals surface area contributed by atoms with Crippen molar-refractivity contribution in [2.75, 3.05) is 0 Å². The molecule has 0 unspecified atom stereocenters. The molecule has 0 fully saturated rings. The summed E-state index contributed by atoms with van der Waals surface area (Å²) in [5, 5.41) is 9.73. The van der Waals surface area contributed by atoms with Crippen molar-refractivity contribution in [1.29, 1.82) is 0 Å². The van der Waals surface area contributed by atoms with Crippen LogP contribution in [0.2, 0.25) is 0 Å². The monoisotopic (exact) mass is 403 g/mol. The van der Waals surface area contributed by atoms with Gasteiger partial charge in [-0.1, -0.05) is 48.2 Å². The lowest BCUT2D eigenvalue weighted by Crippen LogP contribution is -2.02. The fourth-order valence-electron chi connectivity index (χ4n) is 3.22. The second-order valence-corrected chi connectivity index (χ2v) is 8.08. The molecule has 0 amide bonds. The Kier molecular flexibility index (Phi) is 5.49. The van der Waals surface area contributed by atoms with Gasteiger partial charge in [0.1, 0.15) is 5.82 Å². The number of aromatic nitrogens is 3. The number of halogens is 1. The number of rotatable bonds is 5. The SMILES string of the molecule is Cc1ccc(CSc2nnc(-c3ccc(F)cc3)n2-c2ccccc2C)cc1C. The Balaban J connectivity index is 1.74. The number of para-hydroxylation sites is 1. The Hall–Kier alpha value is -2.92. The Labute approximate surface area is 174 Å². The van der Waals surface area contributed by atoms with E-state index in [2.05, 4.69) is 65.9 Å². The molecule has 4 aromatic rings. The van der Waals surface area contributed by atoms with Crippen molar-refractivity contribution in [1.82, 2.24) is 14.8 Å². The first-order valence-corrected chi connectivity index (χ1v) is 10.5. The molecule has 4 rings (SSSR count). The number of aryl methyl sites for hydroxylation is 3. The molecule has 1 heterocycles. The van der Waals surface area contributed by atoms with Crippen LogP contribution >= 0.6 is 11.8 Å². The van der Waals surface area contributed by atoms with E-state index >= 15 is 0 Å². The summed E-state index contributed by atoms with van der Waals surface area (Å²) in [7, 11) is 0. The van der Waals surface area contributed by atoms with Crippen LogP contribution in [0.3, 0.4) is 0 Å². The van der Waals surface area contributed by atoms with E-state index in [1.54, 1.807) is 23.9 Å². The molecule has 0 radical (unpaired) electrons. The molecular weight excluding hydrogens is 381 g/mol. The van der Waals surface area contributed by atoms with Crippen LogP contribution in [-0.2, 0) is 5.75 Å². The largest absolute Gasteiger partial charge is 0.270 e. The Morgan fingerprint density at radius 3 is 2.31 bits per heavy atom. The molecule has 29 heavy (non-hydrogen) atoms. The van der Waals surface area contributed by atoms with Gasteiger partial charge in [-0.3, -0.25) is 4.57 Å². The van der Waals surface area contributed by atoms with Crippen molar-refractivity contribution in [3.63, 3.8) is 0 Å². The third-order valence-corrected chi connectivity index (χ3v) is 6.03. The second-order valence-electron chi connectivity index (χ2n) is 7.14. The average molecular weight is 404 g/mol. The van der Waals surface area contributed by atoms with Gasteiger partial charge in [0.15, 0.2) is 11.0 Å². The van der Waals surface area contributed by atoms with Crippen LogP contribution in [-0.4, -0.2) is 14.8 Å². The van der Waals surface area contributed by atoms with Crippen molar-refractivity contribution < 1.29 is 4.39 Å². The summed E-state index contributed by atoms with van der Waals surface area (Å²) in [6, 6.07) is 21.1. The van der Waals surface area contributed by atoms with E-state index < -0.39 is 0 Å².